The van der Waals surface area contributed by atoms with Gasteiger partial charge in [0.05, 0.1) is 18.3 Å². The summed E-state index contributed by atoms with van der Waals surface area (Å²) in [6, 6.07) is 12.6. The topological polar surface area (TPSA) is 76.7 Å². The number of ether oxygens (including phenoxy) is 2. The van der Waals surface area contributed by atoms with E-state index in [0.717, 1.165) is 11.3 Å². The standard InChI is InChI=1S/C18H16N2O4/c21-17-10-24-16-6-5-11(9-14(16)19-17)18(22)20-13-7-8-23-15-4-2-1-3-12(13)15/h1-6,9,13H,7-8,10H2,(H,19,21)(H,20,22)/t13-/m1/s1. The van der Waals surface area contributed by atoms with Crippen molar-refractivity contribution < 1.29 is 19.1 Å². The number of anilines is 1. The molecule has 4 rings (SSSR count). The summed E-state index contributed by atoms with van der Waals surface area (Å²) in [4.78, 5) is 24.0. The lowest BCUT2D eigenvalue weighted by Gasteiger charge is -2.26. The van der Waals surface area contributed by atoms with Gasteiger partial charge in [-0.05, 0) is 24.3 Å². The van der Waals surface area contributed by atoms with Gasteiger partial charge in [-0.2, -0.15) is 0 Å². The van der Waals surface area contributed by atoms with E-state index in [9.17, 15) is 9.59 Å². The third-order valence-electron chi connectivity index (χ3n) is 4.14. The SMILES string of the molecule is O=C1COc2ccc(C(=O)N[C@@H]3CCOc4ccccc43)cc2N1. The lowest BCUT2D eigenvalue weighted by atomic mass is 10.00. The van der Waals surface area contributed by atoms with Crippen LogP contribution in [0, 0.1) is 0 Å². The van der Waals surface area contributed by atoms with Gasteiger partial charge in [-0.3, -0.25) is 9.59 Å². The molecule has 2 N–H and O–H groups in total. The molecule has 2 aliphatic rings. The molecule has 0 fully saturated rings. The van der Waals surface area contributed by atoms with Crippen LogP contribution >= 0.6 is 0 Å². The van der Waals surface area contributed by atoms with Crippen LogP contribution in [0.2, 0.25) is 0 Å². The van der Waals surface area contributed by atoms with Crippen molar-refractivity contribution in [1.82, 2.24) is 5.32 Å². The predicted octanol–water partition coefficient (Wildman–Crippen LogP) is 2.27. The minimum absolute atomic E-state index is 0.00258. The molecular formula is C18H16N2O4. The zero-order chi connectivity index (χ0) is 16.5. The highest BCUT2D eigenvalue weighted by Gasteiger charge is 2.24. The van der Waals surface area contributed by atoms with Gasteiger partial charge in [-0.25, -0.2) is 0 Å². The fourth-order valence-electron chi connectivity index (χ4n) is 2.96. The summed E-state index contributed by atoms with van der Waals surface area (Å²) >= 11 is 0. The maximum Gasteiger partial charge on any atom is 0.262 e. The van der Waals surface area contributed by atoms with Gasteiger partial charge < -0.3 is 20.1 Å². The number of hydrogen-bond donors (Lipinski definition) is 2. The average Bonchev–Trinajstić information content (AvgIpc) is 2.61. The summed E-state index contributed by atoms with van der Waals surface area (Å²) in [6.45, 7) is 0.563. The van der Waals surface area contributed by atoms with Crippen molar-refractivity contribution in [2.24, 2.45) is 0 Å². The zero-order valence-corrected chi connectivity index (χ0v) is 12.9. The molecule has 6 heteroatoms. The second-order valence-electron chi connectivity index (χ2n) is 5.75. The van der Waals surface area contributed by atoms with E-state index in [1.54, 1.807) is 18.2 Å². The summed E-state index contributed by atoms with van der Waals surface area (Å²) < 4.78 is 10.9. The first kappa shape index (κ1) is 14.6. The van der Waals surface area contributed by atoms with Gasteiger partial charge in [0.1, 0.15) is 11.5 Å². The molecule has 2 aromatic rings. The first-order valence-corrected chi connectivity index (χ1v) is 7.80. The van der Waals surface area contributed by atoms with Crippen LogP contribution in [0.5, 0.6) is 11.5 Å². The van der Waals surface area contributed by atoms with Crippen molar-refractivity contribution in [2.75, 3.05) is 18.5 Å². The maximum absolute atomic E-state index is 12.6. The van der Waals surface area contributed by atoms with Crippen LogP contribution < -0.4 is 20.1 Å². The van der Waals surface area contributed by atoms with E-state index in [-0.39, 0.29) is 24.5 Å². The van der Waals surface area contributed by atoms with Gasteiger partial charge in [0.15, 0.2) is 6.61 Å². The Morgan fingerprint density at radius 1 is 1.12 bits per heavy atom. The van der Waals surface area contributed by atoms with Crippen LogP contribution in [-0.2, 0) is 4.79 Å². The number of nitrogens with one attached hydrogen (secondary N) is 2. The van der Waals surface area contributed by atoms with E-state index in [1.165, 1.54) is 0 Å². The Bertz CT molecular complexity index is 818. The van der Waals surface area contributed by atoms with Crippen LogP contribution in [0.4, 0.5) is 5.69 Å². The molecule has 0 spiro atoms. The molecule has 24 heavy (non-hydrogen) atoms. The number of rotatable bonds is 2. The molecule has 2 aromatic carbocycles. The number of fused-ring (bicyclic) bond motifs is 2. The van der Waals surface area contributed by atoms with Crippen LogP contribution in [-0.4, -0.2) is 25.0 Å². The Kier molecular flexibility index (Phi) is 3.57. The Morgan fingerprint density at radius 2 is 2.00 bits per heavy atom. The molecule has 0 unspecified atom stereocenters. The van der Waals surface area contributed by atoms with E-state index in [4.69, 9.17) is 9.47 Å². The van der Waals surface area contributed by atoms with Gasteiger partial charge in [0.2, 0.25) is 0 Å². The monoisotopic (exact) mass is 324 g/mol. The summed E-state index contributed by atoms with van der Waals surface area (Å²) in [5.74, 6) is 0.959. The Hall–Kier alpha value is -3.02. The number of amides is 2. The number of carbonyl (C=O) groups is 2. The second-order valence-corrected chi connectivity index (χ2v) is 5.75. The molecule has 2 amide bonds. The highest BCUT2D eigenvalue weighted by molar-refractivity contribution is 6.00. The fraction of sp³-hybridized carbons (Fsp3) is 0.222. The summed E-state index contributed by atoms with van der Waals surface area (Å²) in [6.07, 6.45) is 0.716. The fourth-order valence-corrected chi connectivity index (χ4v) is 2.96. The molecule has 0 saturated carbocycles. The molecule has 6 nitrogen and oxygen atoms in total. The predicted molar refractivity (Wildman–Crippen MR) is 87.3 cm³/mol. The molecule has 0 aromatic heterocycles. The van der Waals surface area contributed by atoms with Crippen molar-refractivity contribution in [3.05, 3.63) is 53.6 Å². The summed E-state index contributed by atoms with van der Waals surface area (Å²) in [5, 5.41) is 5.75. The van der Waals surface area contributed by atoms with Gasteiger partial charge in [0.25, 0.3) is 11.8 Å². The van der Waals surface area contributed by atoms with Gasteiger partial charge in [0, 0.05) is 17.5 Å². The molecule has 0 radical (unpaired) electrons. The largest absolute Gasteiger partial charge is 0.493 e. The Labute approximate surface area is 138 Å². The number of hydrogen-bond acceptors (Lipinski definition) is 4. The molecule has 2 heterocycles. The number of benzene rings is 2. The zero-order valence-electron chi connectivity index (χ0n) is 12.9. The third kappa shape index (κ3) is 2.67. The van der Waals surface area contributed by atoms with Crippen molar-refractivity contribution in [1.29, 1.82) is 0 Å². The molecule has 1 atom stereocenters. The minimum Gasteiger partial charge on any atom is -0.493 e. The van der Waals surface area contributed by atoms with E-state index in [1.807, 2.05) is 24.3 Å². The van der Waals surface area contributed by atoms with E-state index in [2.05, 4.69) is 10.6 Å². The second kappa shape index (κ2) is 5.88. The van der Waals surface area contributed by atoms with E-state index in [0.29, 0.717) is 30.0 Å². The first-order chi connectivity index (χ1) is 11.7. The van der Waals surface area contributed by atoms with Crippen LogP contribution in [0.15, 0.2) is 42.5 Å². The number of para-hydroxylation sites is 1. The van der Waals surface area contributed by atoms with Crippen molar-refractivity contribution in [2.45, 2.75) is 12.5 Å². The van der Waals surface area contributed by atoms with Crippen molar-refractivity contribution in [3.63, 3.8) is 0 Å². The normalized spacial score (nSPS) is 18.3. The lowest BCUT2D eigenvalue weighted by molar-refractivity contribution is -0.118. The van der Waals surface area contributed by atoms with Crippen LogP contribution in [0.1, 0.15) is 28.4 Å². The first-order valence-electron chi connectivity index (χ1n) is 7.80. The van der Waals surface area contributed by atoms with Crippen LogP contribution in [0.3, 0.4) is 0 Å². The smallest absolute Gasteiger partial charge is 0.262 e. The maximum atomic E-state index is 12.6. The van der Waals surface area contributed by atoms with Gasteiger partial charge in [-0.15, -0.1) is 0 Å². The van der Waals surface area contributed by atoms with Gasteiger partial charge in [-0.1, -0.05) is 18.2 Å². The third-order valence-corrected chi connectivity index (χ3v) is 4.14. The van der Waals surface area contributed by atoms with Gasteiger partial charge >= 0.3 is 0 Å². The van der Waals surface area contributed by atoms with Crippen molar-refractivity contribution in [3.8, 4) is 11.5 Å². The molecular weight excluding hydrogens is 308 g/mol. The van der Waals surface area contributed by atoms with Crippen LogP contribution in [0.25, 0.3) is 0 Å². The molecule has 0 saturated heterocycles. The highest BCUT2D eigenvalue weighted by atomic mass is 16.5. The molecule has 0 aliphatic carbocycles. The average molecular weight is 324 g/mol. The molecule has 0 bridgehead atoms. The highest BCUT2D eigenvalue weighted by Crippen LogP contribution is 2.32. The molecule has 122 valence electrons. The number of carbonyl (C=O) groups excluding carboxylic acids is 2. The summed E-state index contributed by atoms with van der Waals surface area (Å²) in [5.41, 5.74) is 1.97. The minimum atomic E-state index is -0.224. The Balaban J connectivity index is 1.55. The Morgan fingerprint density at radius 3 is 2.92 bits per heavy atom. The van der Waals surface area contributed by atoms with E-state index < -0.39 is 0 Å². The quantitative estimate of drug-likeness (QED) is 0.888. The lowest BCUT2D eigenvalue weighted by Crippen LogP contribution is -2.32. The van der Waals surface area contributed by atoms with E-state index >= 15 is 0 Å². The summed E-state index contributed by atoms with van der Waals surface area (Å²) in [7, 11) is 0. The molecule has 2 aliphatic heterocycles. The van der Waals surface area contributed by atoms with Crippen molar-refractivity contribution >= 4 is 17.5 Å².